The van der Waals surface area contributed by atoms with E-state index in [1.807, 2.05) is 24.3 Å². The molecule has 5 nitrogen and oxygen atoms in total. The van der Waals surface area contributed by atoms with Crippen LogP contribution in [0.25, 0.3) is 0 Å². The topological polar surface area (TPSA) is 51.4 Å². The molecule has 0 fully saturated rings. The highest BCUT2D eigenvalue weighted by atomic mass is 16.3. The molecular weight excluding hydrogens is 601 g/mol. The molecule has 6 aromatic rings. The van der Waals surface area contributed by atoms with Crippen molar-refractivity contribution in [3.05, 3.63) is 191 Å². The normalized spacial score (nSPS) is 17.4. The molecule has 2 heterocycles. The van der Waals surface area contributed by atoms with Gasteiger partial charge in [0.1, 0.15) is 0 Å². The second-order valence-electron chi connectivity index (χ2n) is 12.9. The lowest BCUT2D eigenvalue weighted by Crippen LogP contribution is -2.56. The van der Waals surface area contributed by atoms with Crippen LogP contribution in [-0.2, 0) is 6.54 Å². The van der Waals surface area contributed by atoms with Crippen molar-refractivity contribution in [3.63, 3.8) is 0 Å². The monoisotopic (exact) mass is 638 g/mol. The molecule has 0 amide bonds. The predicted molar refractivity (Wildman–Crippen MR) is 202 cm³/mol. The Morgan fingerprint density at radius 2 is 1.04 bits per heavy atom. The Hall–Kier alpha value is -5.78. The summed E-state index contributed by atoms with van der Waals surface area (Å²) in [5, 5.41) is 12.7. The fourth-order valence-electron chi connectivity index (χ4n) is 7.15. The van der Waals surface area contributed by atoms with Crippen LogP contribution in [0.3, 0.4) is 0 Å². The summed E-state index contributed by atoms with van der Waals surface area (Å²) in [6.07, 6.45) is -1.03. The lowest BCUT2D eigenvalue weighted by Gasteiger charge is -2.49. The van der Waals surface area contributed by atoms with E-state index in [1.165, 1.54) is 11.1 Å². The Kier molecular flexibility index (Phi) is 8.12. The van der Waals surface area contributed by atoms with Crippen LogP contribution < -0.4 is 9.80 Å². The Morgan fingerprint density at radius 1 is 0.551 bits per heavy atom. The first-order chi connectivity index (χ1) is 24.0. The van der Waals surface area contributed by atoms with Crippen LogP contribution in [0.4, 0.5) is 22.7 Å². The van der Waals surface area contributed by atoms with E-state index < -0.39 is 6.23 Å². The second-order valence-corrected chi connectivity index (χ2v) is 12.9. The summed E-state index contributed by atoms with van der Waals surface area (Å²) in [4.78, 5) is 15.2. The van der Waals surface area contributed by atoms with Gasteiger partial charge in [-0.05, 0) is 54.8 Å². The number of anilines is 2. The highest BCUT2D eigenvalue weighted by molar-refractivity contribution is 6.12. The molecule has 0 saturated heterocycles. The minimum Gasteiger partial charge on any atom is -0.368 e. The van der Waals surface area contributed by atoms with Gasteiger partial charge in [-0.1, -0.05) is 145 Å². The number of aliphatic imine (C=N–C) groups is 2. The maximum absolute atomic E-state index is 12.7. The molecule has 0 saturated carbocycles. The van der Waals surface area contributed by atoms with E-state index in [-0.39, 0.29) is 12.1 Å². The third kappa shape index (κ3) is 5.83. The first-order valence-electron chi connectivity index (χ1n) is 16.9. The van der Waals surface area contributed by atoms with Crippen molar-refractivity contribution in [2.45, 2.75) is 38.7 Å². The fourth-order valence-corrected chi connectivity index (χ4v) is 7.15. The van der Waals surface area contributed by atoms with Crippen molar-refractivity contribution < 1.29 is 5.11 Å². The molecule has 1 N–H and O–H groups in total. The predicted octanol–water partition coefficient (Wildman–Crippen LogP) is 9.51. The summed E-state index contributed by atoms with van der Waals surface area (Å²) in [6, 6.07) is 54.0. The van der Waals surface area contributed by atoms with Gasteiger partial charge in [0.2, 0.25) is 0 Å². The smallest absolute Gasteiger partial charge is 0.171 e. The average molecular weight is 639 g/mol. The molecule has 3 atom stereocenters. The quantitative estimate of drug-likeness (QED) is 0.190. The third-order valence-corrected chi connectivity index (χ3v) is 9.59. The van der Waals surface area contributed by atoms with Gasteiger partial charge in [-0.25, -0.2) is 9.98 Å². The number of hydrogen-bond donors (Lipinski definition) is 1. The molecule has 0 aromatic heterocycles. The van der Waals surface area contributed by atoms with Gasteiger partial charge in [0.25, 0.3) is 0 Å². The van der Waals surface area contributed by atoms with Crippen LogP contribution in [0.2, 0.25) is 0 Å². The Bertz CT molecular complexity index is 2140. The first kappa shape index (κ1) is 30.5. The van der Waals surface area contributed by atoms with E-state index in [9.17, 15) is 5.11 Å². The van der Waals surface area contributed by atoms with Gasteiger partial charge >= 0.3 is 0 Å². The van der Waals surface area contributed by atoms with E-state index in [1.54, 1.807) is 0 Å². The summed E-state index contributed by atoms with van der Waals surface area (Å²) < 4.78 is 0. The molecule has 3 unspecified atom stereocenters. The highest BCUT2D eigenvalue weighted by Crippen LogP contribution is 2.47. The number of aryl methyl sites for hydroxylation is 2. The number of aliphatic hydroxyl groups is 1. The summed E-state index contributed by atoms with van der Waals surface area (Å²) >= 11 is 0. The average Bonchev–Trinajstić information content (AvgIpc) is 3.14. The number of aliphatic hydroxyl groups excluding tert-OH is 1. The minimum atomic E-state index is -1.03. The van der Waals surface area contributed by atoms with Gasteiger partial charge in [0.15, 0.2) is 6.23 Å². The Labute approximate surface area is 288 Å². The summed E-state index contributed by atoms with van der Waals surface area (Å²) in [5.41, 5.74) is 11.8. The minimum absolute atomic E-state index is 0.305. The van der Waals surface area contributed by atoms with Gasteiger partial charge in [-0.2, -0.15) is 0 Å². The number of nitrogens with zero attached hydrogens (tertiary/aromatic N) is 4. The number of benzene rings is 6. The van der Waals surface area contributed by atoms with Crippen molar-refractivity contribution >= 4 is 34.2 Å². The molecule has 2 aliphatic rings. The molecule has 0 spiro atoms. The van der Waals surface area contributed by atoms with E-state index in [0.717, 1.165) is 50.7 Å². The fraction of sp³-hybridized carbons (Fsp3) is 0.136. The van der Waals surface area contributed by atoms with Gasteiger partial charge in [0.05, 0.1) is 46.3 Å². The highest BCUT2D eigenvalue weighted by Gasteiger charge is 2.45. The summed E-state index contributed by atoms with van der Waals surface area (Å²) in [6.45, 7) is 4.84. The van der Waals surface area contributed by atoms with Gasteiger partial charge in [-0.3, -0.25) is 0 Å². The van der Waals surface area contributed by atoms with E-state index in [0.29, 0.717) is 12.3 Å². The zero-order chi connectivity index (χ0) is 33.3. The molecule has 49 heavy (non-hydrogen) atoms. The molecule has 6 aromatic carbocycles. The zero-order valence-electron chi connectivity index (χ0n) is 27.7. The van der Waals surface area contributed by atoms with Crippen LogP contribution in [-0.4, -0.2) is 28.8 Å². The third-order valence-electron chi connectivity index (χ3n) is 9.59. The van der Waals surface area contributed by atoms with Gasteiger partial charge in [-0.15, -0.1) is 0 Å². The molecule has 5 heteroatoms. The zero-order valence-corrected chi connectivity index (χ0v) is 27.7. The molecule has 2 aliphatic heterocycles. The van der Waals surface area contributed by atoms with Crippen LogP contribution in [0, 0.1) is 13.8 Å². The van der Waals surface area contributed by atoms with Crippen LogP contribution in [0.15, 0.2) is 168 Å². The Morgan fingerprint density at radius 3 is 1.67 bits per heavy atom. The van der Waals surface area contributed by atoms with Crippen molar-refractivity contribution in [3.8, 4) is 0 Å². The van der Waals surface area contributed by atoms with Crippen molar-refractivity contribution in [2.24, 2.45) is 9.98 Å². The molecule has 0 radical (unpaired) electrons. The largest absolute Gasteiger partial charge is 0.368 e. The van der Waals surface area contributed by atoms with Crippen molar-refractivity contribution in [1.29, 1.82) is 0 Å². The van der Waals surface area contributed by atoms with E-state index in [2.05, 4.69) is 157 Å². The van der Waals surface area contributed by atoms with Crippen molar-refractivity contribution in [2.75, 3.05) is 9.80 Å². The maximum Gasteiger partial charge on any atom is 0.171 e. The molecule has 240 valence electrons. The molecule has 8 rings (SSSR count). The summed E-state index contributed by atoms with van der Waals surface area (Å²) in [5.74, 6) is 0. The summed E-state index contributed by atoms with van der Waals surface area (Å²) in [7, 11) is 0. The van der Waals surface area contributed by atoms with E-state index >= 15 is 0 Å². The van der Waals surface area contributed by atoms with Gasteiger partial charge < -0.3 is 14.9 Å². The number of fused-ring (bicyclic) bond motifs is 2. The number of rotatable bonds is 7. The molecule has 0 bridgehead atoms. The first-order valence-corrected chi connectivity index (χ1v) is 16.9. The van der Waals surface area contributed by atoms with Crippen LogP contribution in [0.5, 0.6) is 0 Å². The van der Waals surface area contributed by atoms with Crippen LogP contribution >= 0.6 is 0 Å². The van der Waals surface area contributed by atoms with E-state index in [4.69, 9.17) is 9.98 Å². The second kappa shape index (κ2) is 13.0. The standard InChI is InChI=1S/C44H38N4O/c1-30-21-25-33(26-22-30)40-43(47(29-32-13-5-3-6-14-32)38-19-11-9-17-36(38)45-40)42(35-15-7-4-8-16-35)48-39-20-12-10-18-37(39)46-41(44(48)49)34-27-23-31(2)24-28-34/h3-28,42-44,49H,29H2,1-2H3. The lowest BCUT2D eigenvalue weighted by molar-refractivity contribution is 0.217. The number of hydrogen-bond acceptors (Lipinski definition) is 5. The molecular formula is C44H38N4O. The molecule has 0 aliphatic carbocycles. The van der Waals surface area contributed by atoms with Crippen LogP contribution in [0.1, 0.15) is 39.4 Å². The van der Waals surface area contributed by atoms with Gasteiger partial charge in [0, 0.05) is 12.1 Å². The SMILES string of the molecule is Cc1ccc(C2=Nc3ccccc3N(Cc3ccccc3)C2C(c2ccccc2)N2c3ccccc3N=C(c3ccc(C)cc3)C2O)cc1. The van der Waals surface area contributed by atoms with Crippen molar-refractivity contribution in [1.82, 2.24) is 0 Å². The Balaban J connectivity index is 1.39. The number of para-hydroxylation sites is 4. The maximum atomic E-state index is 12.7. The lowest BCUT2D eigenvalue weighted by atomic mass is 9.85.